The lowest BCUT2D eigenvalue weighted by atomic mass is 10.1. The molecular weight excluding hydrogens is 448 g/mol. The number of hydrogen-bond donors (Lipinski definition) is 0. The summed E-state index contributed by atoms with van der Waals surface area (Å²) in [7, 11) is 1.60. The Morgan fingerprint density at radius 1 is 0.912 bits per heavy atom. The van der Waals surface area contributed by atoms with Gasteiger partial charge in [0.15, 0.2) is 5.16 Å². The molecule has 0 unspecified atom stereocenters. The van der Waals surface area contributed by atoms with E-state index in [0.717, 1.165) is 11.3 Å². The van der Waals surface area contributed by atoms with Crippen molar-refractivity contribution in [3.05, 3.63) is 88.2 Å². The minimum Gasteiger partial charge on any atom is -0.497 e. The van der Waals surface area contributed by atoms with E-state index in [1.807, 2.05) is 65.1 Å². The Bertz CT molecular complexity index is 1540. The van der Waals surface area contributed by atoms with Crippen molar-refractivity contribution in [3.8, 4) is 17.2 Å². The molecule has 0 radical (unpaired) electrons. The molecule has 0 aliphatic carbocycles. The molecule has 5 aromatic rings. The quantitative estimate of drug-likeness (QED) is 0.250. The van der Waals surface area contributed by atoms with Crippen LogP contribution in [0.1, 0.15) is 11.1 Å². The van der Waals surface area contributed by atoms with E-state index in [9.17, 15) is 4.79 Å². The van der Waals surface area contributed by atoms with Crippen molar-refractivity contribution < 1.29 is 9.47 Å². The molecule has 0 saturated carbocycles. The molecule has 0 saturated heterocycles. The summed E-state index contributed by atoms with van der Waals surface area (Å²) < 4.78 is 14.8. The number of aromatic nitrogens is 4. The van der Waals surface area contributed by atoms with Crippen LogP contribution in [0.15, 0.2) is 76.7 Å². The molecule has 8 heteroatoms. The smallest absolute Gasteiger partial charge is 0.267 e. The second-order valence-corrected chi connectivity index (χ2v) is 9.06. The van der Waals surface area contributed by atoms with E-state index in [2.05, 4.69) is 30.1 Å². The summed E-state index contributed by atoms with van der Waals surface area (Å²) in [5.41, 5.74) is 3.63. The van der Waals surface area contributed by atoms with Gasteiger partial charge in [-0.05, 0) is 61.4 Å². The first kappa shape index (κ1) is 22.0. The Morgan fingerprint density at radius 3 is 2.50 bits per heavy atom. The van der Waals surface area contributed by atoms with Crippen molar-refractivity contribution in [2.45, 2.75) is 19.0 Å². The lowest BCUT2D eigenvalue weighted by Crippen LogP contribution is -2.21. The molecule has 0 aliphatic rings. The summed E-state index contributed by atoms with van der Waals surface area (Å²) in [6.45, 7) is 4.64. The maximum absolute atomic E-state index is 13.4. The van der Waals surface area contributed by atoms with Gasteiger partial charge < -0.3 is 9.47 Å². The zero-order valence-corrected chi connectivity index (χ0v) is 20.0. The molecule has 0 spiro atoms. The fraction of sp³-hybridized carbons (Fsp3) is 0.192. The molecule has 0 atom stereocenters. The normalized spacial score (nSPS) is 11.3. The average molecular weight is 473 g/mol. The fourth-order valence-electron chi connectivity index (χ4n) is 4.06. The summed E-state index contributed by atoms with van der Waals surface area (Å²) >= 11 is 1.54. The second kappa shape index (κ2) is 9.23. The van der Waals surface area contributed by atoms with E-state index in [1.54, 1.807) is 23.4 Å². The number of fused-ring (bicyclic) bond motifs is 3. The van der Waals surface area contributed by atoms with Gasteiger partial charge >= 0.3 is 0 Å². The van der Waals surface area contributed by atoms with Crippen molar-refractivity contribution in [3.63, 3.8) is 0 Å². The molecule has 172 valence electrons. The molecule has 0 N–H and O–H groups in total. The van der Waals surface area contributed by atoms with Crippen molar-refractivity contribution >= 4 is 28.4 Å². The van der Waals surface area contributed by atoms with E-state index in [-0.39, 0.29) is 5.56 Å². The van der Waals surface area contributed by atoms with Gasteiger partial charge in [-0.1, -0.05) is 36.0 Å². The molecule has 2 aromatic heterocycles. The first-order valence-electron chi connectivity index (χ1n) is 10.9. The number of thioether (sulfide) groups is 1. The predicted octanol–water partition coefficient (Wildman–Crippen LogP) is 4.83. The zero-order chi connectivity index (χ0) is 23.7. The Labute approximate surface area is 201 Å². The van der Waals surface area contributed by atoms with Gasteiger partial charge in [0, 0.05) is 11.8 Å². The van der Waals surface area contributed by atoms with Gasteiger partial charge in [-0.3, -0.25) is 9.20 Å². The van der Waals surface area contributed by atoms with Crippen LogP contribution in [0.2, 0.25) is 0 Å². The van der Waals surface area contributed by atoms with Gasteiger partial charge in [-0.25, -0.2) is 4.57 Å². The number of hydrogen-bond acceptors (Lipinski definition) is 6. The number of aryl methyl sites for hydroxylation is 2. The summed E-state index contributed by atoms with van der Waals surface area (Å²) in [4.78, 5) is 13.4. The summed E-state index contributed by atoms with van der Waals surface area (Å²) in [6, 6.07) is 21.1. The van der Waals surface area contributed by atoms with Crippen LogP contribution in [0, 0.1) is 13.8 Å². The third-order valence-corrected chi connectivity index (χ3v) is 6.38. The molecule has 34 heavy (non-hydrogen) atoms. The van der Waals surface area contributed by atoms with Crippen LogP contribution >= 0.6 is 11.8 Å². The van der Waals surface area contributed by atoms with Crippen LogP contribution in [0.3, 0.4) is 0 Å². The summed E-state index contributed by atoms with van der Waals surface area (Å²) in [5.74, 6) is 2.66. The average Bonchev–Trinajstić information content (AvgIpc) is 3.25. The zero-order valence-electron chi connectivity index (χ0n) is 19.2. The third-order valence-electron chi connectivity index (χ3n) is 5.48. The SMILES string of the molecule is COc1cccc(-n2c(=O)c3ccccc3n3c(SCCOc4cc(C)cc(C)c4)nnc23)c1. The number of methoxy groups -OCH3 is 1. The van der Waals surface area contributed by atoms with Gasteiger partial charge in [0.2, 0.25) is 5.78 Å². The number of ether oxygens (including phenoxy) is 2. The highest BCUT2D eigenvalue weighted by atomic mass is 32.2. The van der Waals surface area contributed by atoms with Crippen LogP contribution in [-0.4, -0.2) is 38.6 Å². The largest absolute Gasteiger partial charge is 0.497 e. The predicted molar refractivity (Wildman–Crippen MR) is 135 cm³/mol. The van der Waals surface area contributed by atoms with Crippen molar-refractivity contribution in [2.24, 2.45) is 0 Å². The lowest BCUT2D eigenvalue weighted by Gasteiger charge is -2.12. The molecule has 0 bridgehead atoms. The van der Waals surface area contributed by atoms with Crippen molar-refractivity contribution in [1.29, 1.82) is 0 Å². The van der Waals surface area contributed by atoms with Crippen LogP contribution in [0.5, 0.6) is 11.5 Å². The molecule has 3 aromatic carbocycles. The van der Waals surface area contributed by atoms with Gasteiger partial charge in [-0.2, -0.15) is 0 Å². The molecule has 2 heterocycles. The van der Waals surface area contributed by atoms with Gasteiger partial charge in [0.05, 0.1) is 30.3 Å². The van der Waals surface area contributed by atoms with Crippen LogP contribution in [0.4, 0.5) is 0 Å². The van der Waals surface area contributed by atoms with Crippen LogP contribution < -0.4 is 15.0 Å². The van der Waals surface area contributed by atoms with E-state index in [4.69, 9.17) is 9.47 Å². The Hall–Kier alpha value is -3.78. The number of para-hydroxylation sites is 1. The fourth-order valence-corrected chi connectivity index (χ4v) is 4.82. The monoisotopic (exact) mass is 472 g/mol. The molecule has 5 rings (SSSR count). The molecule has 0 amide bonds. The first-order valence-corrected chi connectivity index (χ1v) is 11.9. The Kier molecular flexibility index (Phi) is 5.98. The van der Waals surface area contributed by atoms with Crippen LogP contribution in [-0.2, 0) is 0 Å². The lowest BCUT2D eigenvalue weighted by molar-refractivity contribution is 0.343. The number of rotatable bonds is 7. The third kappa shape index (κ3) is 4.12. The number of benzene rings is 3. The molecule has 0 aliphatic heterocycles. The van der Waals surface area contributed by atoms with E-state index in [0.29, 0.717) is 40.1 Å². The number of nitrogens with zero attached hydrogens (tertiary/aromatic N) is 4. The van der Waals surface area contributed by atoms with Gasteiger partial charge in [-0.15, -0.1) is 10.2 Å². The van der Waals surface area contributed by atoms with E-state index >= 15 is 0 Å². The van der Waals surface area contributed by atoms with Gasteiger partial charge in [0.1, 0.15) is 11.5 Å². The maximum atomic E-state index is 13.4. The van der Waals surface area contributed by atoms with E-state index in [1.165, 1.54) is 11.1 Å². The minimum absolute atomic E-state index is 0.154. The van der Waals surface area contributed by atoms with Crippen molar-refractivity contribution in [2.75, 3.05) is 19.5 Å². The Balaban J connectivity index is 1.51. The highest BCUT2D eigenvalue weighted by molar-refractivity contribution is 7.99. The standard InChI is InChI=1S/C26H24N4O3S/c1-17-13-18(2)15-21(14-17)33-11-12-34-26-28-27-25-29(19-7-6-8-20(16-19)32-3)24(31)22-9-4-5-10-23(22)30(25)26/h4-10,13-16H,11-12H2,1-3H3. The minimum atomic E-state index is -0.154. The van der Waals surface area contributed by atoms with Gasteiger partial charge in [0.25, 0.3) is 5.56 Å². The molecular formula is C26H24N4O3S. The maximum Gasteiger partial charge on any atom is 0.267 e. The second-order valence-electron chi connectivity index (χ2n) is 8.00. The highest BCUT2D eigenvalue weighted by Crippen LogP contribution is 2.25. The van der Waals surface area contributed by atoms with Crippen molar-refractivity contribution in [1.82, 2.24) is 19.2 Å². The highest BCUT2D eigenvalue weighted by Gasteiger charge is 2.18. The topological polar surface area (TPSA) is 70.7 Å². The molecule has 7 nitrogen and oxygen atoms in total. The van der Waals surface area contributed by atoms with E-state index < -0.39 is 0 Å². The summed E-state index contributed by atoms with van der Waals surface area (Å²) in [5, 5.41) is 10.1. The molecule has 0 fully saturated rings. The Morgan fingerprint density at radius 2 is 1.71 bits per heavy atom. The first-order chi connectivity index (χ1) is 16.5. The van der Waals surface area contributed by atoms with Crippen LogP contribution in [0.25, 0.3) is 22.4 Å². The summed E-state index contributed by atoms with van der Waals surface area (Å²) in [6.07, 6.45) is 0.